The second-order valence-electron chi connectivity index (χ2n) is 5.66. The van der Waals surface area contributed by atoms with E-state index in [-0.39, 0.29) is 29.3 Å². The van der Waals surface area contributed by atoms with Gasteiger partial charge >= 0.3 is 0 Å². The third-order valence-electron chi connectivity index (χ3n) is 3.87. The lowest BCUT2D eigenvalue weighted by Gasteiger charge is -2.11. The number of rotatable bonds is 3. The van der Waals surface area contributed by atoms with Gasteiger partial charge in [-0.1, -0.05) is 24.3 Å². The first-order chi connectivity index (χ1) is 10.9. The van der Waals surface area contributed by atoms with Gasteiger partial charge < -0.3 is 5.32 Å². The van der Waals surface area contributed by atoms with E-state index in [0.29, 0.717) is 12.0 Å². The smallest absolute Gasteiger partial charge is 0.251 e. The molecule has 0 aromatic heterocycles. The van der Waals surface area contributed by atoms with Gasteiger partial charge in [-0.25, -0.2) is 12.8 Å². The first kappa shape index (κ1) is 15.7. The molecule has 120 valence electrons. The summed E-state index contributed by atoms with van der Waals surface area (Å²) in [4.78, 5) is 12.3. The van der Waals surface area contributed by atoms with Crippen molar-refractivity contribution in [1.82, 2.24) is 5.32 Å². The Hall–Kier alpha value is -2.21. The quantitative estimate of drug-likeness (QED) is 0.938. The zero-order valence-electron chi connectivity index (χ0n) is 12.3. The summed E-state index contributed by atoms with van der Waals surface area (Å²) in [7, 11) is -3.03. The molecule has 0 spiro atoms. The summed E-state index contributed by atoms with van der Waals surface area (Å²) in [6.07, 6.45) is 0.450. The van der Waals surface area contributed by atoms with Gasteiger partial charge in [-0.2, -0.15) is 0 Å². The van der Waals surface area contributed by atoms with Crippen molar-refractivity contribution in [1.29, 1.82) is 0 Å². The molecular formula is C17H16FNO3S. The number of carbonyl (C=O) groups excluding carboxylic acids is 1. The van der Waals surface area contributed by atoms with E-state index in [1.807, 2.05) is 6.07 Å². The third kappa shape index (κ3) is 3.76. The second-order valence-corrected chi connectivity index (χ2v) is 7.89. The van der Waals surface area contributed by atoms with E-state index in [1.54, 1.807) is 30.3 Å². The van der Waals surface area contributed by atoms with Crippen LogP contribution in [0, 0.1) is 5.82 Å². The highest BCUT2D eigenvalue weighted by Crippen LogP contribution is 2.21. The van der Waals surface area contributed by atoms with Gasteiger partial charge in [0.05, 0.1) is 11.5 Å². The van der Waals surface area contributed by atoms with Crippen LogP contribution in [0.4, 0.5) is 4.39 Å². The summed E-state index contributed by atoms with van der Waals surface area (Å²) in [5.41, 5.74) is 2.07. The minimum atomic E-state index is -3.03. The Morgan fingerprint density at radius 2 is 1.83 bits per heavy atom. The molecule has 0 radical (unpaired) electrons. The van der Waals surface area contributed by atoms with Gasteiger partial charge in [-0.05, 0) is 41.8 Å². The van der Waals surface area contributed by atoms with Crippen LogP contribution in [0.25, 0.3) is 11.1 Å². The average Bonchev–Trinajstić information content (AvgIpc) is 2.87. The van der Waals surface area contributed by atoms with Crippen LogP contribution in [-0.2, 0) is 9.84 Å². The summed E-state index contributed by atoms with van der Waals surface area (Å²) in [6.45, 7) is 0. The molecule has 1 saturated heterocycles. The maximum atomic E-state index is 13.0. The number of sulfone groups is 1. The SMILES string of the molecule is O=C(N[C@@H]1CCS(=O)(=O)C1)c1cccc(-c2ccc(F)cc2)c1. The van der Waals surface area contributed by atoms with E-state index in [1.165, 1.54) is 12.1 Å². The van der Waals surface area contributed by atoms with Gasteiger partial charge in [0, 0.05) is 11.6 Å². The van der Waals surface area contributed by atoms with Crippen molar-refractivity contribution >= 4 is 15.7 Å². The molecule has 23 heavy (non-hydrogen) atoms. The fourth-order valence-corrected chi connectivity index (χ4v) is 4.33. The van der Waals surface area contributed by atoms with Crippen molar-refractivity contribution in [2.75, 3.05) is 11.5 Å². The van der Waals surface area contributed by atoms with Crippen molar-refractivity contribution < 1.29 is 17.6 Å². The van der Waals surface area contributed by atoms with Crippen molar-refractivity contribution in [3.8, 4) is 11.1 Å². The molecule has 0 unspecified atom stereocenters. The molecule has 0 aliphatic carbocycles. The van der Waals surface area contributed by atoms with Crippen molar-refractivity contribution in [3.63, 3.8) is 0 Å². The Morgan fingerprint density at radius 1 is 1.09 bits per heavy atom. The second kappa shape index (κ2) is 6.12. The predicted octanol–water partition coefficient (Wildman–Crippen LogP) is 2.41. The van der Waals surface area contributed by atoms with E-state index in [4.69, 9.17) is 0 Å². The minimum absolute atomic E-state index is 0.00358. The third-order valence-corrected chi connectivity index (χ3v) is 5.64. The highest BCUT2D eigenvalue weighted by molar-refractivity contribution is 7.91. The van der Waals surface area contributed by atoms with Crippen molar-refractivity contribution in [2.45, 2.75) is 12.5 Å². The molecule has 1 atom stereocenters. The topological polar surface area (TPSA) is 63.2 Å². The fourth-order valence-electron chi connectivity index (χ4n) is 2.66. The molecule has 0 saturated carbocycles. The largest absolute Gasteiger partial charge is 0.348 e. The Morgan fingerprint density at radius 3 is 2.48 bits per heavy atom. The van der Waals surface area contributed by atoms with E-state index in [2.05, 4.69) is 5.32 Å². The predicted molar refractivity (Wildman–Crippen MR) is 86.4 cm³/mol. The normalized spacial score (nSPS) is 19.4. The van der Waals surface area contributed by atoms with Crippen LogP contribution >= 0.6 is 0 Å². The summed E-state index contributed by atoms with van der Waals surface area (Å²) in [6, 6.07) is 12.7. The molecule has 0 bridgehead atoms. The van der Waals surface area contributed by atoms with E-state index in [9.17, 15) is 17.6 Å². The number of carbonyl (C=O) groups is 1. The average molecular weight is 333 g/mol. The van der Waals surface area contributed by atoms with Crippen molar-refractivity contribution in [3.05, 3.63) is 59.9 Å². The summed E-state index contributed by atoms with van der Waals surface area (Å²) < 4.78 is 35.9. The lowest BCUT2D eigenvalue weighted by Crippen LogP contribution is -2.35. The molecule has 2 aromatic rings. The standard InChI is InChI=1S/C17H16FNO3S/c18-15-6-4-12(5-7-15)13-2-1-3-14(10-13)17(20)19-16-8-9-23(21,22)11-16/h1-7,10,16H,8-9,11H2,(H,19,20)/t16-/m1/s1. The molecule has 4 nitrogen and oxygen atoms in total. The Kier molecular flexibility index (Phi) is 4.17. The molecule has 1 aliphatic rings. The van der Waals surface area contributed by atoms with Crippen LogP contribution in [0.2, 0.25) is 0 Å². The molecule has 1 N–H and O–H groups in total. The van der Waals surface area contributed by atoms with Gasteiger partial charge in [0.15, 0.2) is 9.84 Å². The molecule has 1 aliphatic heterocycles. The number of halogens is 1. The lowest BCUT2D eigenvalue weighted by atomic mass is 10.0. The fraction of sp³-hybridized carbons (Fsp3) is 0.235. The first-order valence-electron chi connectivity index (χ1n) is 7.30. The van der Waals surface area contributed by atoms with E-state index < -0.39 is 9.84 Å². The van der Waals surface area contributed by atoms with Crippen molar-refractivity contribution in [2.24, 2.45) is 0 Å². The van der Waals surface area contributed by atoms with Crippen LogP contribution in [0.15, 0.2) is 48.5 Å². The van der Waals surface area contributed by atoms with Crippen LogP contribution in [0.1, 0.15) is 16.8 Å². The first-order valence-corrected chi connectivity index (χ1v) is 9.12. The monoisotopic (exact) mass is 333 g/mol. The van der Waals surface area contributed by atoms with E-state index >= 15 is 0 Å². The summed E-state index contributed by atoms with van der Waals surface area (Å²) >= 11 is 0. The molecular weight excluding hydrogens is 317 g/mol. The maximum Gasteiger partial charge on any atom is 0.251 e. The van der Waals surface area contributed by atoms with Gasteiger partial charge in [0.25, 0.3) is 5.91 Å². The highest BCUT2D eigenvalue weighted by Gasteiger charge is 2.29. The molecule has 6 heteroatoms. The van der Waals surface area contributed by atoms with Gasteiger partial charge in [-0.3, -0.25) is 4.79 Å². The Labute approximate surface area is 134 Å². The Bertz CT molecular complexity index is 831. The molecule has 3 rings (SSSR count). The van der Waals surface area contributed by atoms with Crippen LogP contribution < -0.4 is 5.32 Å². The lowest BCUT2D eigenvalue weighted by molar-refractivity contribution is 0.0941. The Balaban J connectivity index is 1.77. The summed E-state index contributed by atoms with van der Waals surface area (Å²) in [5, 5.41) is 2.76. The molecule has 2 aromatic carbocycles. The molecule has 1 heterocycles. The summed E-state index contributed by atoms with van der Waals surface area (Å²) in [5.74, 6) is -0.495. The van der Waals surface area contributed by atoms with Crippen LogP contribution in [0.5, 0.6) is 0 Å². The molecule has 1 fully saturated rings. The zero-order chi connectivity index (χ0) is 16.4. The number of hydrogen-bond acceptors (Lipinski definition) is 3. The van der Waals surface area contributed by atoms with Gasteiger partial charge in [-0.15, -0.1) is 0 Å². The number of amides is 1. The van der Waals surface area contributed by atoms with E-state index in [0.717, 1.165) is 11.1 Å². The number of benzene rings is 2. The number of nitrogens with one attached hydrogen (secondary N) is 1. The zero-order valence-corrected chi connectivity index (χ0v) is 13.1. The molecule has 1 amide bonds. The minimum Gasteiger partial charge on any atom is -0.348 e. The van der Waals surface area contributed by atoms with Gasteiger partial charge in [0.2, 0.25) is 0 Å². The van der Waals surface area contributed by atoms with Crippen LogP contribution in [-0.4, -0.2) is 31.9 Å². The number of hydrogen-bond donors (Lipinski definition) is 1. The maximum absolute atomic E-state index is 13.0. The van der Waals surface area contributed by atoms with Crippen LogP contribution in [0.3, 0.4) is 0 Å². The highest BCUT2D eigenvalue weighted by atomic mass is 32.2. The van der Waals surface area contributed by atoms with Gasteiger partial charge in [0.1, 0.15) is 5.82 Å².